The first kappa shape index (κ1) is 27.7. The Kier molecular flexibility index (Phi) is 8.13. The third-order valence-electron chi connectivity index (χ3n) is 6.61. The number of amides is 1. The second kappa shape index (κ2) is 11.2. The lowest BCUT2D eigenvalue weighted by Gasteiger charge is -2.35. The number of piperazine rings is 1. The van der Waals surface area contributed by atoms with Crippen LogP contribution in [0.4, 0.5) is 37.8 Å². The molecule has 0 aromatic carbocycles. The summed E-state index contributed by atoms with van der Waals surface area (Å²) in [5.41, 5.74) is -3.71. The van der Waals surface area contributed by atoms with Crippen LogP contribution < -0.4 is 15.4 Å². The van der Waals surface area contributed by atoms with Gasteiger partial charge in [0.15, 0.2) is 0 Å². The number of halogens is 6. The molecule has 2 aromatic heterocycles. The number of hydrogen-bond donors (Lipinski definition) is 1. The number of ether oxygens (including phenoxy) is 1. The Labute approximate surface area is 213 Å². The number of rotatable bonds is 7. The fourth-order valence-corrected chi connectivity index (χ4v) is 4.67. The Morgan fingerprint density at radius 2 is 1.76 bits per heavy atom. The van der Waals surface area contributed by atoms with Gasteiger partial charge in [-0.15, -0.1) is 0 Å². The Morgan fingerprint density at radius 1 is 1.03 bits per heavy atom. The van der Waals surface area contributed by atoms with Gasteiger partial charge in [0.05, 0.1) is 43.1 Å². The van der Waals surface area contributed by atoms with E-state index in [1.807, 2.05) is 5.10 Å². The van der Waals surface area contributed by atoms with E-state index in [1.165, 1.54) is 11.0 Å². The Hall–Kier alpha value is -3.36. The number of alkyl halides is 6. The van der Waals surface area contributed by atoms with Crippen LogP contribution in [0.2, 0.25) is 0 Å². The molecule has 2 aliphatic rings. The minimum atomic E-state index is -4.83. The summed E-state index contributed by atoms with van der Waals surface area (Å²) in [6.07, 6.45) is -6.26. The third-order valence-corrected chi connectivity index (χ3v) is 6.61. The molecule has 0 bridgehead atoms. The summed E-state index contributed by atoms with van der Waals surface area (Å²) in [6.45, 7) is 2.04. The van der Waals surface area contributed by atoms with Crippen molar-refractivity contribution in [1.82, 2.24) is 20.1 Å². The zero-order chi connectivity index (χ0) is 27.5. The van der Waals surface area contributed by atoms with E-state index in [-0.39, 0.29) is 31.2 Å². The van der Waals surface area contributed by atoms with Gasteiger partial charge in [-0.2, -0.15) is 31.4 Å². The van der Waals surface area contributed by atoms with Crippen molar-refractivity contribution in [1.29, 1.82) is 0 Å². The first-order valence-corrected chi connectivity index (χ1v) is 12.0. The fourth-order valence-electron chi connectivity index (χ4n) is 4.67. The van der Waals surface area contributed by atoms with Gasteiger partial charge in [-0.05, 0) is 25.0 Å². The molecule has 2 saturated heterocycles. The van der Waals surface area contributed by atoms with Crippen molar-refractivity contribution < 1.29 is 35.9 Å². The van der Waals surface area contributed by atoms with Gasteiger partial charge in [0, 0.05) is 38.9 Å². The lowest BCUT2D eigenvalue weighted by molar-refractivity contribution is -0.139. The largest absolute Gasteiger partial charge is 0.423 e. The molecule has 1 N–H and O–H groups in total. The van der Waals surface area contributed by atoms with Gasteiger partial charge in [0.25, 0.3) is 5.56 Å². The Morgan fingerprint density at radius 3 is 2.39 bits per heavy atom. The molecule has 0 radical (unpaired) electrons. The molecule has 4 heterocycles. The second-order valence-electron chi connectivity index (χ2n) is 9.04. The first-order valence-electron chi connectivity index (χ1n) is 12.0. The van der Waals surface area contributed by atoms with Crippen LogP contribution in [0, 0.1) is 0 Å². The number of carbonyl (C=O) groups excluding carboxylic acids is 1. The summed E-state index contributed by atoms with van der Waals surface area (Å²) in [5.74, 6) is 0.241. The van der Waals surface area contributed by atoms with Crippen LogP contribution in [0.25, 0.3) is 0 Å². The van der Waals surface area contributed by atoms with Crippen LogP contribution in [0.3, 0.4) is 0 Å². The van der Waals surface area contributed by atoms with Gasteiger partial charge in [0.2, 0.25) is 5.91 Å². The van der Waals surface area contributed by atoms with Gasteiger partial charge < -0.3 is 19.4 Å². The van der Waals surface area contributed by atoms with Gasteiger partial charge >= 0.3 is 12.4 Å². The number of carbonyl (C=O) groups is 1. The number of hydrogen-bond acceptors (Lipinski definition) is 7. The van der Waals surface area contributed by atoms with Crippen molar-refractivity contribution in [2.75, 3.05) is 55.7 Å². The van der Waals surface area contributed by atoms with E-state index in [9.17, 15) is 35.9 Å². The minimum absolute atomic E-state index is 0.0730. The van der Waals surface area contributed by atoms with Crippen LogP contribution in [-0.4, -0.2) is 78.0 Å². The van der Waals surface area contributed by atoms with Crippen LogP contribution in [0.5, 0.6) is 0 Å². The number of nitrogens with zero attached hydrogens (tertiary/aromatic N) is 5. The van der Waals surface area contributed by atoms with Crippen LogP contribution >= 0.6 is 0 Å². The maximum Gasteiger partial charge on any atom is 0.423 e. The molecule has 0 unspecified atom stereocenters. The summed E-state index contributed by atoms with van der Waals surface area (Å²) in [5, 5.41) is 5.35. The Bertz CT molecular complexity index is 1160. The molecule has 2 aliphatic heterocycles. The van der Waals surface area contributed by atoms with E-state index < -0.39 is 35.1 Å². The van der Waals surface area contributed by atoms with Crippen molar-refractivity contribution in [3.63, 3.8) is 0 Å². The summed E-state index contributed by atoms with van der Waals surface area (Å²) in [6, 6.07) is 1.88. The molecule has 4 rings (SSSR count). The Balaban J connectivity index is 1.23. The molecule has 2 fully saturated rings. The number of anilines is 2. The maximum atomic E-state index is 13.4. The standard InChI is InChI=1S/C23H26F6N6O3/c24-22(25,26)15-3-4-18(30-12-15)33-7-9-34(10-8-33)19(36)5-11-38-14-16-2-1-6-35(16)17-13-31-32-21(37)20(17)23(27,28)29/h3-4,12-13,16H,1-2,5-11,14H2,(H,32,37)/t16-/m0/s1. The molecule has 1 atom stereocenters. The highest BCUT2D eigenvalue weighted by Gasteiger charge is 2.40. The highest BCUT2D eigenvalue weighted by atomic mass is 19.4. The zero-order valence-electron chi connectivity index (χ0n) is 20.2. The van der Waals surface area contributed by atoms with Crippen LogP contribution in [-0.2, 0) is 21.9 Å². The molecule has 15 heteroatoms. The number of aromatic nitrogens is 3. The second-order valence-corrected chi connectivity index (χ2v) is 9.04. The monoisotopic (exact) mass is 548 g/mol. The van der Waals surface area contributed by atoms with Crippen molar-refractivity contribution in [3.8, 4) is 0 Å². The topological polar surface area (TPSA) is 94.7 Å². The normalized spacial score (nSPS) is 18.8. The van der Waals surface area contributed by atoms with Crippen molar-refractivity contribution >= 4 is 17.4 Å². The minimum Gasteiger partial charge on any atom is -0.379 e. The molecular formula is C23H26F6N6O3. The molecule has 1 amide bonds. The van der Waals surface area contributed by atoms with E-state index in [2.05, 4.69) is 10.1 Å². The van der Waals surface area contributed by atoms with Crippen molar-refractivity contribution in [2.24, 2.45) is 0 Å². The molecule has 9 nitrogen and oxygen atoms in total. The van der Waals surface area contributed by atoms with Gasteiger partial charge in [-0.3, -0.25) is 9.59 Å². The SMILES string of the molecule is O=C(CCOC[C@@H]1CCCN1c1cn[nH]c(=O)c1C(F)(F)F)N1CCN(c2ccc(C(F)(F)F)cn2)CC1. The molecule has 2 aromatic rings. The molecular weight excluding hydrogens is 522 g/mol. The number of aromatic amines is 1. The highest BCUT2D eigenvalue weighted by molar-refractivity contribution is 5.76. The summed E-state index contributed by atoms with van der Waals surface area (Å²) in [4.78, 5) is 33.2. The average Bonchev–Trinajstić information content (AvgIpc) is 3.34. The smallest absolute Gasteiger partial charge is 0.379 e. The number of nitrogens with one attached hydrogen (secondary N) is 1. The quantitative estimate of drug-likeness (QED) is 0.420. The van der Waals surface area contributed by atoms with E-state index in [0.29, 0.717) is 51.4 Å². The fraction of sp³-hybridized carbons (Fsp3) is 0.565. The van der Waals surface area contributed by atoms with Gasteiger partial charge in [-0.25, -0.2) is 10.1 Å². The van der Waals surface area contributed by atoms with Crippen molar-refractivity contribution in [2.45, 2.75) is 37.7 Å². The first-order chi connectivity index (χ1) is 17.9. The van der Waals surface area contributed by atoms with Crippen molar-refractivity contribution in [3.05, 3.63) is 46.0 Å². The summed E-state index contributed by atoms with van der Waals surface area (Å²) in [7, 11) is 0. The molecule has 0 spiro atoms. The molecule has 0 aliphatic carbocycles. The maximum absolute atomic E-state index is 13.4. The number of H-pyrrole nitrogens is 1. The summed E-state index contributed by atoms with van der Waals surface area (Å²) >= 11 is 0. The van der Waals surface area contributed by atoms with E-state index in [0.717, 1.165) is 18.5 Å². The average molecular weight is 548 g/mol. The van der Waals surface area contributed by atoms with Gasteiger partial charge in [-0.1, -0.05) is 0 Å². The van der Waals surface area contributed by atoms with Gasteiger partial charge in [0.1, 0.15) is 11.4 Å². The van der Waals surface area contributed by atoms with E-state index >= 15 is 0 Å². The van der Waals surface area contributed by atoms with E-state index in [4.69, 9.17) is 4.74 Å². The lowest BCUT2D eigenvalue weighted by Crippen LogP contribution is -2.49. The lowest BCUT2D eigenvalue weighted by atomic mass is 10.2. The molecule has 208 valence electrons. The zero-order valence-corrected chi connectivity index (χ0v) is 20.2. The highest BCUT2D eigenvalue weighted by Crippen LogP contribution is 2.36. The molecule has 38 heavy (non-hydrogen) atoms. The number of pyridine rings is 1. The summed E-state index contributed by atoms with van der Waals surface area (Å²) < 4.78 is 84.1. The van der Waals surface area contributed by atoms with E-state index in [1.54, 1.807) is 9.80 Å². The van der Waals surface area contributed by atoms with Crippen LogP contribution in [0.15, 0.2) is 29.3 Å². The third kappa shape index (κ3) is 6.37. The van der Waals surface area contributed by atoms with Crippen LogP contribution in [0.1, 0.15) is 30.4 Å². The predicted octanol–water partition coefficient (Wildman–Crippen LogP) is 2.93. The predicted molar refractivity (Wildman–Crippen MR) is 124 cm³/mol. The molecule has 0 saturated carbocycles.